The lowest BCUT2D eigenvalue weighted by atomic mass is 10.2. The lowest BCUT2D eigenvalue weighted by Crippen LogP contribution is -2.48. The fourth-order valence-corrected chi connectivity index (χ4v) is 4.12. The predicted octanol–water partition coefficient (Wildman–Crippen LogP) is 1.72. The minimum atomic E-state index is -3.58. The van der Waals surface area contributed by atoms with E-state index in [1.54, 1.807) is 24.3 Å². The number of para-hydroxylation sites is 2. The molecule has 2 aromatic rings. The van der Waals surface area contributed by atoms with Crippen molar-refractivity contribution in [3.8, 4) is 11.5 Å². The van der Waals surface area contributed by atoms with Crippen molar-refractivity contribution >= 4 is 27.6 Å². The summed E-state index contributed by atoms with van der Waals surface area (Å²) < 4.78 is 42.7. The number of methoxy groups -OCH3 is 1. The molecule has 0 bridgehead atoms. The Kier molecular flexibility index (Phi) is 7.13. The molecule has 1 aliphatic heterocycles. The maximum absolute atomic E-state index is 12.8. The summed E-state index contributed by atoms with van der Waals surface area (Å²) in [6.45, 7) is 1.91. The Morgan fingerprint density at radius 2 is 1.87 bits per heavy atom. The van der Waals surface area contributed by atoms with Gasteiger partial charge in [-0.15, -0.1) is 0 Å². The van der Waals surface area contributed by atoms with Gasteiger partial charge < -0.3 is 19.1 Å². The van der Waals surface area contributed by atoms with Gasteiger partial charge in [0.15, 0.2) is 6.61 Å². The van der Waals surface area contributed by atoms with Gasteiger partial charge in [0.05, 0.1) is 24.2 Å². The van der Waals surface area contributed by atoms with Crippen LogP contribution in [0.1, 0.15) is 13.3 Å². The Balaban J connectivity index is 1.68. The highest BCUT2D eigenvalue weighted by Crippen LogP contribution is 2.33. The zero-order chi connectivity index (χ0) is 22.4. The van der Waals surface area contributed by atoms with Gasteiger partial charge in [-0.25, -0.2) is 17.9 Å². The molecule has 0 radical (unpaired) electrons. The maximum atomic E-state index is 12.8. The minimum Gasteiger partial charge on any atom is -0.484 e. The molecule has 1 N–H and O–H groups in total. The van der Waals surface area contributed by atoms with E-state index in [1.165, 1.54) is 36.3 Å². The van der Waals surface area contributed by atoms with E-state index in [1.807, 2.05) is 6.92 Å². The highest BCUT2D eigenvalue weighted by molar-refractivity contribution is 7.89. The van der Waals surface area contributed by atoms with E-state index in [0.29, 0.717) is 30.2 Å². The number of hydrogen-bond donors (Lipinski definition) is 1. The molecule has 1 amide bonds. The fraction of sp³-hybridized carbons (Fsp3) is 0.333. The Morgan fingerprint density at radius 3 is 2.55 bits per heavy atom. The van der Waals surface area contributed by atoms with Crippen LogP contribution in [0.5, 0.6) is 11.5 Å². The van der Waals surface area contributed by atoms with Crippen molar-refractivity contribution in [2.45, 2.75) is 24.3 Å². The molecule has 0 unspecified atom stereocenters. The van der Waals surface area contributed by atoms with Gasteiger partial charge in [0.25, 0.3) is 5.91 Å². The van der Waals surface area contributed by atoms with E-state index in [0.717, 1.165) is 0 Å². The first-order valence-electron chi connectivity index (χ1n) is 9.72. The summed E-state index contributed by atoms with van der Waals surface area (Å²) in [4.78, 5) is 26.3. The third-order valence-electron chi connectivity index (χ3n) is 4.58. The Hall–Kier alpha value is -3.11. The molecule has 0 aliphatic carbocycles. The van der Waals surface area contributed by atoms with Crippen LogP contribution in [-0.2, 0) is 24.3 Å². The fourth-order valence-electron chi connectivity index (χ4n) is 2.98. The average molecular weight is 448 g/mol. The third-order valence-corrected chi connectivity index (χ3v) is 6.05. The molecule has 166 valence electrons. The van der Waals surface area contributed by atoms with Crippen molar-refractivity contribution in [2.24, 2.45) is 0 Å². The normalized spacial score (nSPS) is 15.5. The second kappa shape index (κ2) is 9.80. The number of anilines is 1. The van der Waals surface area contributed by atoms with Gasteiger partial charge in [0.2, 0.25) is 16.1 Å². The van der Waals surface area contributed by atoms with E-state index >= 15 is 0 Å². The molecule has 0 saturated carbocycles. The summed E-state index contributed by atoms with van der Waals surface area (Å²) in [5, 5.41) is 0. The number of fused-ring (bicyclic) bond motifs is 1. The summed E-state index contributed by atoms with van der Waals surface area (Å²) in [5.74, 6) is -0.229. The SMILES string of the molecule is CCCNS(=O)(=O)c1ccc(OCC(=O)N2C[C@H](C(=O)OC)Oc3ccccc32)cc1. The van der Waals surface area contributed by atoms with Crippen LogP contribution in [0.3, 0.4) is 0 Å². The van der Waals surface area contributed by atoms with Crippen LogP contribution < -0.4 is 19.1 Å². The van der Waals surface area contributed by atoms with Gasteiger partial charge in [-0.05, 0) is 42.8 Å². The molecule has 1 atom stereocenters. The number of carbonyl (C=O) groups excluding carboxylic acids is 2. The van der Waals surface area contributed by atoms with Gasteiger partial charge in [-0.2, -0.15) is 0 Å². The number of rotatable bonds is 8. The van der Waals surface area contributed by atoms with Crippen molar-refractivity contribution in [3.63, 3.8) is 0 Å². The van der Waals surface area contributed by atoms with Crippen LogP contribution in [0.25, 0.3) is 0 Å². The molecule has 0 spiro atoms. The molecule has 31 heavy (non-hydrogen) atoms. The number of hydrogen-bond acceptors (Lipinski definition) is 7. The molecule has 9 nitrogen and oxygen atoms in total. The van der Waals surface area contributed by atoms with Crippen molar-refractivity contribution in [2.75, 3.05) is 31.7 Å². The van der Waals surface area contributed by atoms with E-state index in [9.17, 15) is 18.0 Å². The lowest BCUT2D eigenvalue weighted by Gasteiger charge is -2.33. The third kappa shape index (κ3) is 5.33. The molecule has 10 heteroatoms. The van der Waals surface area contributed by atoms with Gasteiger partial charge in [0.1, 0.15) is 11.5 Å². The van der Waals surface area contributed by atoms with Crippen LogP contribution in [0.2, 0.25) is 0 Å². The van der Waals surface area contributed by atoms with Crippen LogP contribution in [0.4, 0.5) is 5.69 Å². The van der Waals surface area contributed by atoms with Crippen LogP contribution in [0.15, 0.2) is 53.4 Å². The summed E-state index contributed by atoms with van der Waals surface area (Å²) in [6.07, 6.45) is -0.256. The van der Waals surface area contributed by atoms with Crippen molar-refractivity contribution in [1.82, 2.24) is 4.72 Å². The standard InChI is InChI=1S/C21H24N2O7S/c1-3-12-22-31(26,27)16-10-8-15(9-11-16)29-14-20(24)23-13-19(21(25)28-2)30-18-7-5-4-6-17(18)23/h4-11,19,22H,3,12-14H2,1-2H3/t19-/m1/s1. The lowest BCUT2D eigenvalue weighted by molar-refractivity contribution is -0.148. The zero-order valence-corrected chi connectivity index (χ0v) is 18.1. The van der Waals surface area contributed by atoms with Gasteiger partial charge >= 0.3 is 5.97 Å². The molecule has 0 fully saturated rings. The van der Waals surface area contributed by atoms with Gasteiger partial charge in [-0.3, -0.25) is 4.79 Å². The molecule has 1 heterocycles. The van der Waals surface area contributed by atoms with Crippen molar-refractivity contribution in [1.29, 1.82) is 0 Å². The first-order valence-corrected chi connectivity index (χ1v) is 11.2. The Labute approximate surface area is 181 Å². The average Bonchev–Trinajstić information content (AvgIpc) is 2.80. The van der Waals surface area contributed by atoms with Crippen LogP contribution in [0, 0.1) is 0 Å². The monoisotopic (exact) mass is 448 g/mol. The number of benzene rings is 2. The Morgan fingerprint density at radius 1 is 1.16 bits per heavy atom. The second-order valence-corrected chi connectivity index (χ2v) is 8.53. The predicted molar refractivity (Wildman–Crippen MR) is 113 cm³/mol. The number of amides is 1. The highest BCUT2D eigenvalue weighted by Gasteiger charge is 2.34. The second-order valence-electron chi connectivity index (χ2n) is 6.76. The first-order chi connectivity index (χ1) is 14.9. The van der Waals surface area contributed by atoms with E-state index in [-0.39, 0.29) is 24.0 Å². The first kappa shape index (κ1) is 22.6. The van der Waals surface area contributed by atoms with E-state index in [4.69, 9.17) is 14.2 Å². The minimum absolute atomic E-state index is 0.00778. The van der Waals surface area contributed by atoms with E-state index < -0.39 is 22.1 Å². The molecule has 0 aromatic heterocycles. The largest absolute Gasteiger partial charge is 0.484 e. The maximum Gasteiger partial charge on any atom is 0.348 e. The summed E-state index contributed by atoms with van der Waals surface area (Å²) in [5.41, 5.74) is 0.527. The number of nitrogens with one attached hydrogen (secondary N) is 1. The number of ether oxygens (including phenoxy) is 3. The molecule has 3 rings (SSSR count). The van der Waals surface area contributed by atoms with Gasteiger partial charge in [-0.1, -0.05) is 19.1 Å². The van der Waals surface area contributed by atoms with Gasteiger partial charge in [0, 0.05) is 6.54 Å². The van der Waals surface area contributed by atoms with Crippen molar-refractivity contribution < 1.29 is 32.2 Å². The van der Waals surface area contributed by atoms with Crippen LogP contribution in [-0.4, -0.2) is 53.2 Å². The molecule has 2 aromatic carbocycles. The number of esters is 1. The quantitative estimate of drug-likeness (QED) is 0.612. The highest BCUT2D eigenvalue weighted by atomic mass is 32.2. The topological polar surface area (TPSA) is 111 Å². The van der Waals surface area contributed by atoms with E-state index in [2.05, 4.69) is 4.72 Å². The summed E-state index contributed by atoms with van der Waals surface area (Å²) in [7, 11) is -2.32. The molecule has 1 aliphatic rings. The Bertz CT molecular complexity index is 1040. The zero-order valence-electron chi connectivity index (χ0n) is 17.2. The number of carbonyl (C=O) groups is 2. The number of sulfonamides is 1. The molecular weight excluding hydrogens is 424 g/mol. The molecular formula is C21H24N2O7S. The summed E-state index contributed by atoms with van der Waals surface area (Å²) in [6, 6.07) is 12.7. The van der Waals surface area contributed by atoms with Crippen molar-refractivity contribution in [3.05, 3.63) is 48.5 Å². The molecule has 0 saturated heterocycles. The number of nitrogens with zero attached hydrogens (tertiary/aromatic N) is 1. The smallest absolute Gasteiger partial charge is 0.348 e. The summed E-state index contributed by atoms with van der Waals surface area (Å²) >= 11 is 0. The van der Waals surface area contributed by atoms with Crippen LogP contribution >= 0.6 is 0 Å².